The Hall–Kier alpha value is -1.29. The van der Waals surface area contributed by atoms with Crippen molar-refractivity contribution in [1.29, 1.82) is 0 Å². The molecule has 4 heteroatoms. The average molecular weight is 220 g/mol. The topological polar surface area (TPSA) is 54.3 Å². The normalized spacial score (nSPS) is 34.2. The molecule has 3 atom stereocenters. The van der Waals surface area contributed by atoms with E-state index < -0.39 is 0 Å². The fourth-order valence-electron chi connectivity index (χ4n) is 2.73. The summed E-state index contributed by atoms with van der Waals surface area (Å²) in [6, 6.07) is 4.07. The van der Waals surface area contributed by atoms with Crippen LogP contribution in [0.3, 0.4) is 0 Å². The lowest BCUT2D eigenvalue weighted by molar-refractivity contribution is -0.127. The van der Waals surface area contributed by atoms with Gasteiger partial charge in [0.25, 0.3) is 0 Å². The van der Waals surface area contributed by atoms with Gasteiger partial charge in [-0.3, -0.25) is 10.1 Å². The van der Waals surface area contributed by atoms with E-state index in [-0.39, 0.29) is 11.9 Å². The van der Waals surface area contributed by atoms with Gasteiger partial charge in [-0.05, 0) is 25.0 Å². The maximum atomic E-state index is 11.9. The van der Waals surface area contributed by atoms with Gasteiger partial charge in [-0.25, -0.2) is 0 Å². The van der Waals surface area contributed by atoms with Gasteiger partial charge in [-0.15, -0.1) is 0 Å². The number of piperazine rings is 1. The maximum absolute atomic E-state index is 11.9. The molecule has 0 bridgehead atoms. The molecule has 1 amide bonds. The molecule has 0 aromatic carbocycles. The highest BCUT2D eigenvalue weighted by atomic mass is 16.3. The van der Waals surface area contributed by atoms with Gasteiger partial charge in [0, 0.05) is 12.1 Å². The number of fused-ring (bicyclic) bond motifs is 1. The second kappa shape index (κ2) is 3.94. The van der Waals surface area contributed by atoms with Crippen LogP contribution in [0.4, 0.5) is 0 Å². The Morgan fingerprint density at radius 3 is 2.81 bits per heavy atom. The van der Waals surface area contributed by atoms with E-state index in [2.05, 4.69) is 10.6 Å². The second-order valence-corrected chi connectivity index (χ2v) is 4.62. The van der Waals surface area contributed by atoms with Gasteiger partial charge in [0.1, 0.15) is 11.8 Å². The monoisotopic (exact) mass is 220 g/mol. The highest BCUT2D eigenvalue weighted by Crippen LogP contribution is 2.26. The molecule has 1 aliphatic carbocycles. The lowest BCUT2D eigenvalue weighted by Crippen LogP contribution is -2.60. The largest absolute Gasteiger partial charge is 0.467 e. The molecule has 0 spiro atoms. The van der Waals surface area contributed by atoms with Crippen LogP contribution in [0.15, 0.2) is 22.8 Å². The van der Waals surface area contributed by atoms with E-state index in [0.717, 1.165) is 12.8 Å². The van der Waals surface area contributed by atoms with Crippen LogP contribution >= 0.6 is 0 Å². The van der Waals surface area contributed by atoms with Crippen molar-refractivity contribution in [3.05, 3.63) is 24.2 Å². The van der Waals surface area contributed by atoms with Crippen molar-refractivity contribution in [2.45, 2.75) is 43.8 Å². The van der Waals surface area contributed by atoms with Crippen LogP contribution in [0.5, 0.6) is 0 Å². The third-order valence-corrected chi connectivity index (χ3v) is 3.56. The first-order valence-corrected chi connectivity index (χ1v) is 5.94. The van der Waals surface area contributed by atoms with Gasteiger partial charge in [0.05, 0.1) is 6.26 Å². The summed E-state index contributed by atoms with van der Waals surface area (Å²) < 4.78 is 5.30. The molecule has 0 radical (unpaired) electrons. The van der Waals surface area contributed by atoms with Gasteiger partial charge in [0.2, 0.25) is 5.91 Å². The Kier molecular flexibility index (Phi) is 2.44. The molecule has 86 valence electrons. The predicted octanol–water partition coefficient (Wildman–Crippen LogP) is 1.35. The minimum Gasteiger partial charge on any atom is -0.467 e. The molecule has 1 saturated carbocycles. The molecular weight excluding hydrogens is 204 g/mol. The zero-order valence-electron chi connectivity index (χ0n) is 9.11. The Balaban J connectivity index is 1.79. The van der Waals surface area contributed by atoms with E-state index in [0.29, 0.717) is 17.8 Å². The summed E-state index contributed by atoms with van der Waals surface area (Å²) in [6.45, 7) is 0. The Morgan fingerprint density at radius 1 is 1.25 bits per heavy atom. The van der Waals surface area contributed by atoms with Crippen molar-refractivity contribution < 1.29 is 9.21 Å². The summed E-state index contributed by atoms with van der Waals surface area (Å²) in [6.07, 6.45) is 6.30. The molecule has 16 heavy (non-hydrogen) atoms. The third-order valence-electron chi connectivity index (χ3n) is 3.56. The molecule has 4 nitrogen and oxygen atoms in total. The van der Waals surface area contributed by atoms with Crippen molar-refractivity contribution >= 4 is 5.91 Å². The number of furan rings is 1. The molecule has 1 aromatic heterocycles. The summed E-state index contributed by atoms with van der Waals surface area (Å²) in [7, 11) is 0. The van der Waals surface area contributed by atoms with Crippen molar-refractivity contribution in [2.24, 2.45) is 0 Å². The zero-order chi connectivity index (χ0) is 11.0. The van der Waals surface area contributed by atoms with Crippen LogP contribution in [-0.2, 0) is 4.79 Å². The van der Waals surface area contributed by atoms with E-state index in [1.807, 2.05) is 12.1 Å². The highest BCUT2D eigenvalue weighted by Gasteiger charge is 2.37. The first-order valence-electron chi connectivity index (χ1n) is 5.94. The predicted molar refractivity (Wildman–Crippen MR) is 58.8 cm³/mol. The Morgan fingerprint density at radius 2 is 2.06 bits per heavy atom. The molecule has 2 N–H and O–H groups in total. The number of hydrogen-bond donors (Lipinski definition) is 2. The van der Waals surface area contributed by atoms with Crippen molar-refractivity contribution in [3.8, 4) is 0 Å². The first kappa shape index (κ1) is 9.90. The summed E-state index contributed by atoms with van der Waals surface area (Å²) in [5.74, 6) is 0.750. The minimum atomic E-state index is -0.311. The van der Waals surface area contributed by atoms with Crippen molar-refractivity contribution in [2.75, 3.05) is 0 Å². The second-order valence-electron chi connectivity index (χ2n) is 4.62. The summed E-state index contributed by atoms with van der Waals surface area (Å²) in [5.41, 5.74) is 0. The molecular formula is C12H16N2O2. The van der Waals surface area contributed by atoms with Crippen LogP contribution in [-0.4, -0.2) is 18.0 Å². The standard InChI is InChI=1S/C12H16N2O2/c15-12-11(10-6-3-7-16-10)13-8-4-1-2-5-9(8)14-12/h3,6-9,11,13H,1-2,4-5H2,(H,14,15)/t8-,9-,11+/m1/s1. The fourth-order valence-corrected chi connectivity index (χ4v) is 2.73. The van der Waals surface area contributed by atoms with Gasteiger partial charge >= 0.3 is 0 Å². The zero-order valence-corrected chi connectivity index (χ0v) is 9.11. The summed E-state index contributed by atoms with van der Waals surface area (Å²) in [4.78, 5) is 11.9. The van der Waals surface area contributed by atoms with Crippen LogP contribution in [0, 0.1) is 0 Å². The molecule has 3 rings (SSSR count). The van der Waals surface area contributed by atoms with Crippen LogP contribution in [0.2, 0.25) is 0 Å². The van der Waals surface area contributed by atoms with E-state index in [1.165, 1.54) is 12.8 Å². The van der Waals surface area contributed by atoms with Gasteiger partial charge in [0.15, 0.2) is 0 Å². The number of carbonyl (C=O) groups is 1. The summed E-state index contributed by atoms with van der Waals surface area (Å²) in [5, 5.41) is 6.50. The quantitative estimate of drug-likeness (QED) is 0.751. The molecule has 1 aliphatic heterocycles. The summed E-state index contributed by atoms with van der Waals surface area (Å²) >= 11 is 0. The molecule has 1 saturated heterocycles. The smallest absolute Gasteiger partial charge is 0.245 e. The lowest BCUT2D eigenvalue weighted by atomic mass is 9.87. The minimum absolute atomic E-state index is 0.0399. The number of amides is 1. The highest BCUT2D eigenvalue weighted by molar-refractivity contribution is 5.83. The average Bonchev–Trinajstić information content (AvgIpc) is 2.81. The van der Waals surface area contributed by atoms with Gasteiger partial charge < -0.3 is 9.73 Å². The van der Waals surface area contributed by atoms with E-state index in [4.69, 9.17) is 4.42 Å². The number of nitrogens with one attached hydrogen (secondary N) is 2. The van der Waals surface area contributed by atoms with E-state index in [9.17, 15) is 4.79 Å². The number of hydrogen-bond acceptors (Lipinski definition) is 3. The molecule has 2 heterocycles. The number of rotatable bonds is 1. The molecule has 1 aromatic rings. The Bertz CT molecular complexity index is 374. The maximum Gasteiger partial charge on any atom is 0.245 e. The lowest BCUT2D eigenvalue weighted by Gasteiger charge is -2.39. The van der Waals surface area contributed by atoms with E-state index >= 15 is 0 Å². The van der Waals surface area contributed by atoms with Crippen LogP contribution < -0.4 is 10.6 Å². The number of carbonyl (C=O) groups excluding carboxylic acids is 1. The van der Waals surface area contributed by atoms with Crippen LogP contribution in [0.1, 0.15) is 37.5 Å². The molecule has 2 fully saturated rings. The fraction of sp³-hybridized carbons (Fsp3) is 0.583. The SMILES string of the molecule is O=C1N[C@@H]2CCCC[C@H]2N[C@H]1c1ccco1. The van der Waals surface area contributed by atoms with E-state index in [1.54, 1.807) is 6.26 Å². The van der Waals surface area contributed by atoms with Gasteiger partial charge in [-0.1, -0.05) is 12.8 Å². The first-order chi connectivity index (χ1) is 7.84. The van der Waals surface area contributed by atoms with Gasteiger partial charge in [-0.2, -0.15) is 0 Å². The van der Waals surface area contributed by atoms with Crippen LogP contribution in [0.25, 0.3) is 0 Å². The van der Waals surface area contributed by atoms with Crippen molar-refractivity contribution in [1.82, 2.24) is 10.6 Å². The third kappa shape index (κ3) is 1.63. The van der Waals surface area contributed by atoms with Crippen molar-refractivity contribution in [3.63, 3.8) is 0 Å². The molecule has 0 unspecified atom stereocenters. The molecule has 2 aliphatic rings. The Labute approximate surface area is 94.4 Å².